The van der Waals surface area contributed by atoms with Gasteiger partial charge in [0.05, 0.1) is 4.90 Å². The van der Waals surface area contributed by atoms with E-state index in [1.54, 1.807) is 0 Å². The molecule has 1 heterocycles. The number of unbranched alkanes of at least 4 members (excludes halogenated alkanes) is 2. The van der Waals surface area contributed by atoms with Crippen LogP contribution in [-0.2, 0) is 14.8 Å². The second-order valence-corrected chi connectivity index (χ2v) is 9.50. The van der Waals surface area contributed by atoms with Crippen LogP contribution in [0.5, 0.6) is 0 Å². The van der Waals surface area contributed by atoms with Crippen molar-refractivity contribution in [3.63, 3.8) is 0 Å². The molecule has 28 heavy (non-hydrogen) atoms. The van der Waals surface area contributed by atoms with E-state index in [2.05, 4.69) is 12.2 Å². The zero-order valence-corrected chi connectivity index (χ0v) is 17.9. The Morgan fingerprint density at radius 2 is 1.86 bits per heavy atom. The van der Waals surface area contributed by atoms with Gasteiger partial charge in [-0.05, 0) is 45.2 Å². The van der Waals surface area contributed by atoms with Crippen LogP contribution < -0.4 is 5.32 Å². The van der Waals surface area contributed by atoms with Gasteiger partial charge in [-0.1, -0.05) is 44.7 Å². The Kier molecular flexibility index (Phi) is 8.19. The van der Waals surface area contributed by atoms with E-state index in [-0.39, 0.29) is 22.6 Å². The highest BCUT2D eigenvalue weighted by molar-refractivity contribution is 7.89. The molecule has 2 rings (SSSR count). The summed E-state index contributed by atoms with van der Waals surface area (Å²) in [4.78, 5) is 24.4. The van der Waals surface area contributed by atoms with Crippen molar-refractivity contribution in [3.8, 4) is 0 Å². The first kappa shape index (κ1) is 22.6. The van der Waals surface area contributed by atoms with Crippen LogP contribution in [0.2, 0.25) is 0 Å². The lowest BCUT2D eigenvalue weighted by molar-refractivity contribution is -0.126. The number of sulfonamides is 1. The average molecular weight is 409 g/mol. The van der Waals surface area contributed by atoms with Crippen LogP contribution in [-0.4, -0.2) is 43.0 Å². The van der Waals surface area contributed by atoms with E-state index in [4.69, 9.17) is 0 Å². The van der Waals surface area contributed by atoms with Crippen LogP contribution in [0.4, 0.5) is 0 Å². The van der Waals surface area contributed by atoms with Crippen LogP contribution in [0.25, 0.3) is 0 Å². The summed E-state index contributed by atoms with van der Waals surface area (Å²) in [6, 6.07) is 5.28. The number of rotatable bonds is 9. The predicted molar refractivity (Wildman–Crippen MR) is 110 cm³/mol. The normalized spacial score (nSPS) is 19.2. The van der Waals surface area contributed by atoms with Crippen LogP contribution in [0, 0.1) is 0 Å². The summed E-state index contributed by atoms with van der Waals surface area (Å²) in [5.74, 6) is -0.330. The lowest BCUT2D eigenvalue weighted by Crippen LogP contribution is -2.53. The second-order valence-electron chi connectivity index (χ2n) is 7.61. The van der Waals surface area contributed by atoms with E-state index in [0.29, 0.717) is 18.5 Å². The summed E-state index contributed by atoms with van der Waals surface area (Å²) in [7, 11) is -3.79. The fourth-order valence-corrected chi connectivity index (χ4v) is 5.22. The lowest BCUT2D eigenvalue weighted by Gasteiger charge is -2.34. The molecule has 0 aromatic heterocycles. The Morgan fingerprint density at radius 1 is 1.18 bits per heavy atom. The van der Waals surface area contributed by atoms with Gasteiger partial charge in [0.15, 0.2) is 5.78 Å². The van der Waals surface area contributed by atoms with Gasteiger partial charge in [0, 0.05) is 18.2 Å². The minimum atomic E-state index is -3.79. The van der Waals surface area contributed by atoms with E-state index in [1.165, 1.54) is 35.5 Å². The molecule has 1 aliphatic heterocycles. The lowest BCUT2D eigenvalue weighted by atomic mass is 10.0. The second kappa shape index (κ2) is 10.2. The van der Waals surface area contributed by atoms with Crippen molar-refractivity contribution < 1.29 is 18.0 Å². The van der Waals surface area contributed by atoms with E-state index >= 15 is 0 Å². The van der Waals surface area contributed by atoms with Crippen LogP contribution in [0.15, 0.2) is 29.2 Å². The summed E-state index contributed by atoms with van der Waals surface area (Å²) in [5.41, 5.74) is 0.466. The Labute approximate surface area is 168 Å². The third-order valence-corrected chi connectivity index (χ3v) is 7.18. The Morgan fingerprint density at radius 3 is 2.46 bits per heavy atom. The first-order valence-corrected chi connectivity index (χ1v) is 11.6. The molecule has 156 valence electrons. The number of nitrogens with one attached hydrogen (secondary N) is 1. The minimum Gasteiger partial charge on any atom is -0.352 e. The number of Topliss-reactive ketones (excluding diaryl/α,β-unsaturated/α-hetero) is 1. The van der Waals surface area contributed by atoms with E-state index in [9.17, 15) is 18.0 Å². The van der Waals surface area contributed by atoms with Crippen LogP contribution >= 0.6 is 0 Å². The summed E-state index contributed by atoms with van der Waals surface area (Å²) in [5, 5.41) is 3.00. The fraction of sp³-hybridized carbons (Fsp3) is 0.619. The maximum absolute atomic E-state index is 13.1. The molecule has 1 N–H and O–H groups in total. The summed E-state index contributed by atoms with van der Waals surface area (Å²) in [6.07, 6.45) is 6.28. The molecule has 1 amide bonds. The van der Waals surface area contributed by atoms with Gasteiger partial charge in [-0.2, -0.15) is 4.31 Å². The molecular weight excluding hydrogens is 376 g/mol. The van der Waals surface area contributed by atoms with Gasteiger partial charge in [0.1, 0.15) is 6.04 Å². The largest absolute Gasteiger partial charge is 0.352 e. The number of amides is 1. The number of ketones is 1. The molecule has 1 aromatic carbocycles. The molecule has 0 saturated carbocycles. The zero-order valence-electron chi connectivity index (χ0n) is 17.1. The van der Waals surface area contributed by atoms with Gasteiger partial charge >= 0.3 is 0 Å². The summed E-state index contributed by atoms with van der Waals surface area (Å²) in [6.45, 7) is 5.88. The van der Waals surface area contributed by atoms with Gasteiger partial charge in [0.2, 0.25) is 15.9 Å². The molecule has 2 unspecified atom stereocenters. The third-order valence-electron chi connectivity index (χ3n) is 5.25. The smallest absolute Gasteiger partial charge is 0.243 e. The van der Waals surface area contributed by atoms with E-state index < -0.39 is 16.1 Å². The molecule has 7 heteroatoms. The standard InChI is InChI=1S/C21H32N2O4S/c1-4-5-6-9-16(2)22-21(25)20-10-7-8-15-23(20)28(26,27)19-13-11-18(12-14-19)17(3)24/h11-14,16,20H,4-10,15H2,1-3H3,(H,22,25). The van der Waals surface area contributed by atoms with E-state index in [0.717, 1.165) is 38.5 Å². The molecule has 1 fully saturated rings. The number of piperidine rings is 1. The highest BCUT2D eigenvalue weighted by Crippen LogP contribution is 2.26. The SMILES string of the molecule is CCCCCC(C)NC(=O)C1CCCCN1S(=O)(=O)c1ccc(C(C)=O)cc1. The van der Waals surface area contributed by atoms with Gasteiger partial charge in [-0.3, -0.25) is 9.59 Å². The number of carbonyl (C=O) groups is 2. The fourth-order valence-electron chi connectivity index (χ4n) is 3.56. The third kappa shape index (κ3) is 5.64. The van der Waals surface area contributed by atoms with Crippen LogP contribution in [0.1, 0.15) is 76.1 Å². The number of hydrogen-bond acceptors (Lipinski definition) is 4. The van der Waals surface area contributed by atoms with Gasteiger partial charge in [0.25, 0.3) is 0 Å². The average Bonchev–Trinajstić information content (AvgIpc) is 2.68. The molecule has 0 bridgehead atoms. The van der Waals surface area contributed by atoms with Crippen molar-refractivity contribution in [2.75, 3.05) is 6.54 Å². The Hall–Kier alpha value is -1.73. The van der Waals surface area contributed by atoms with E-state index in [1.807, 2.05) is 6.92 Å². The van der Waals surface area contributed by atoms with Crippen molar-refractivity contribution in [1.29, 1.82) is 0 Å². The molecule has 2 atom stereocenters. The number of carbonyl (C=O) groups excluding carboxylic acids is 2. The highest BCUT2D eigenvalue weighted by Gasteiger charge is 2.37. The number of hydrogen-bond donors (Lipinski definition) is 1. The van der Waals surface area contributed by atoms with Crippen molar-refractivity contribution in [3.05, 3.63) is 29.8 Å². The zero-order chi connectivity index (χ0) is 20.7. The molecular formula is C21H32N2O4S. The Bertz CT molecular complexity index is 774. The molecule has 0 radical (unpaired) electrons. The first-order valence-electron chi connectivity index (χ1n) is 10.2. The summed E-state index contributed by atoms with van der Waals surface area (Å²) < 4.78 is 27.6. The molecule has 6 nitrogen and oxygen atoms in total. The van der Waals surface area contributed by atoms with Crippen LogP contribution in [0.3, 0.4) is 0 Å². The minimum absolute atomic E-state index is 0.0281. The van der Waals surface area contributed by atoms with Crippen molar-refractivity contribution in [1.82, 2.24) is 9.62 Å². The Balaban J connectivity index is 2.14. The molecule has 0 aliphatic carbocycles. The van der Waals surface area contributed by atoms with Gasteiger partial charge in [-0.15, -0.1) is 0 Å². The quantitative estimate of drug-likeness (QED) is 0.501. The maximum Gasteiger partial charge on any atom is 0.243 e. The van der Waals surface area contributed by atoms with Crippen molar-refractivity contribution in [2.24, 2.45) is 0 Å². The first-order chi connectivity index (χ1) is 13.3. The molecule has 1 aliphatic rings. The molecule has 1 aromatic rings. The van der Waals surface area contributed by atoms with Gasteiger partial charge < -0.3 is 5.32 Å². The topological polar surface area (TPSA) is 83.6 Å². The summed E-state index contributed by atoms with van der Waals surface area (Å²) >= 11 is 0. The predicted octanol–water partition coefficient (Wildman–Crippen LogP) is 3.52. The van der Waals surface area contributed by atoms with Gasteiger partial charge in [-0.25, -0.2) is 8.42 Å². The number of benzene rings is 1. The maximum atomic E-state index is 13.1. The molecule has 0 spiro atoms. The monoisotopic (exact) mass is 408 g/mol. The molecule has 1 saturated heterocycles. The van der Waals surface area contributed by atoms with Crippen molar-refractivity contribution >= 4 is 21.7 Å². The van der Waals surface area contributed by atoms with Crippen molar-refractivity contribution in [2.45, 2.75) is 82.7 Å². The highest BCUT2D eigenvalue weighted by atomic mass is 32.2. The number of nitrogens with zero attached hydrogens (tertiary/aromatic N) is 1.